The van der Waals surface area contributed by atoms with Gasteiger partial charge >= 0.3 is 5.97 Å². The Hall–Kier alpha value is -0.810. The molecule has 4 nitrogen and oxygen atoms in total. The summed E-state index contributed by atoms with van der Waals surface area (Å²) in [4.78, 5) is 15.7. The van der Waals surface area contributed by atoms with E-state index in [-0.39, 0.29) is 0 Å². The Kier molecular flexibility index (Phi) is 5.27. The minimum absolute atomic E-state index is 0.373. The Labute approximate surface area is 128 Å². The predicted octanol–water partition coefficient (Wildman–Crippen LogP) is 2.24. The van der Waals surface area contributed by atoms with Crippen LogP contribution in [0.2, 0.25) is 10.0 Å². The molecule has 1 aliphatic heterocycles. The molecule has 1 aromatic carbocycles. The lowest BCUT2D eigenvalue weighted by molar-refractivity contribution is -0.144. The van der Waals surface area contributed by atoms with E-state index in [0.717, 1.165) is 31.7 Å². The molecule has 1 atom stereocenters. The van der Waals surface area contributed by atoms with Crippen LogP contribution in [-0.4, -0.2) is 60.1 Å². The van der Waals surface area contributed by atoms with Crippen LogP contribution in [0.4, 0.5) is 0 Å². The fourth-order valence-corrected chi connectivity index (χ4v) is 2.82. The van der Waals surface area contributed by atoms with Crippen molar-refractivity contribution >= 4 is 29.2 Å². The van der Waals surface area contributed by atoms with Gasteiger partial charge in [0.2, 0.25) is 0 Å². The van der Waals surface area contributed by atoms with Gasteiger partial charge in [-0.25, -0.2) is 0 Å². The van der Waals surface area contributed by atoms with E-state index in [2.05, 4.69) is 4.90 Å². The minimum Gasteiger partial charge on any atom is -0.480 e. The summed E-state index contributed by atoms with van der Waals surface area (Å²) >= 11 is 12.1. The average molecular weight is 317 g/mol. The molecule has 20 heavy (non-hydrogen) atoms. The number of carboxylic acid groups (broad SMARTS) is 1. The molecule has 110 valence electrons. The van der Waals surface area contributed by atoms with E-state index in [4.69, 9.17) is 23.2 Å². The van der Waals surface area contributed by atoms with Crippen molar-refractivity contribution in [3.05, 3.63) is 33.8 Å². The predicted molar refractivity (Wildman–Crippen MR) is 80.7 cm³/mol. The van der Waals surface area contributed by atoms with Crippen LogP contribution in [0.1, 0.15) is 5.56 Å². The van der Waals surface area contributed by atoms with E-state index in [1.54, 1.807) is 12.1 Å². The van der Waals surface area contributed by atoms with Crippen LogP contribution >= 0.6 is 23.2 Å². The molecule has 0 saturated carbocycles. The Morgan fingerprint density at radius 3 is 2.55 bits per heavy atom. The summed E-state index contributed by atoms with van der Waals surface area (Å²) in [5, 5.41) is 10.4. The number of nitrogens with zero attached hydrogens (tertiary/aromatic N) is 2. The summed E-state index contributed by atoms with van der Waals surface area (Å²) in [5.74, 6) is -0.814. The van der Waals surface area contributed by atoms with Gasteiger partial charge in [0.25, 0.3) is 0 Å². The van der Waals surface area contributed by atoms with Crippen LogP contribution in [0.3, 0.4) is 0 Å². The molecule has 1 heterocycles. The van der Waals surface area contributed by atoms with Crippen LogP contribution in [0.5, 0.6) is 0 Å². The average Bonchev–Trinajstić information content (AvgIpc) is 2.41. The van der Waals surface area contributed by atoms with Crippen LogP contribution in [0, 0.1) is 0 Å². The summed E-state index contributed by atoms with van der Waals surface area (Å²) < 4.78 is 0. The van der Waals surface area contributed by atoms with Gasteiger partial charge in [-0.2, -0.15) is 0 Å². The molecule has 1 saturated heterocycles. The minimum atomic E-state index is -0.814. The summed E-state index contributed by atoms with van der Waals surface area (Å²) in [6.07, 6.45) is 0.373. The van der Waals surface area contributed by atoms with Gasteiger partial charge in [0.1, 0.15) is 6.04 Å². The zero-order valence-corrected chi connectivity index (χ0v) is 12.9. The summed E-state index contributed by atoms with van der Waals surface area (Å²) in [5.41, 5.74) is 0.783. The van der Waals surface area contributed by atoms with Crippen molar-refractivity contribution < 1.29 is 9.90 Å². The maximum atomic E-state index is 11.5. The Balaban J connectivity index is 2.13. The highest BCUT2D eigenvalue weighted by Crippen LogP contribution is 2.27. The van der Waals surface area contributed by atoms with Crippen molar-refractivity contribution in [1.29, 1.82) is 0 Å². The maximum Gasteiger partial charge on any atom is 0.321 e. The summed E-state index contributed by atoms with van der Waals surface area (Å²) in [6.45, 7) is 3.28. The van der Waals surface area contributed by atoms with Gasteiger partial charge in [-0.1, -0.05) is 35.3 Å². The number of hydrogen-bond donors (Lipinski definition) is 1. The zero-order valence-electron chi connectivity index (χ0n) is 11.4. The lowest BCUT2D eigenvalue weighted by Crippen LogP contribution is -2.52. The molecular weight excluding hydrogens is 299 g/mol. The second kappa shape index (κ2) is 6.76. The van der Waals surface area contributed by atoms with E-state index in [9.17, 15) is 9.90 Å². The van der Waals surface area contributed by atoms with Gasteiger partial charge in [-0.05, 0) is 18.7 Å². The molecule has 1 aromatic rings. The van der Waals surface area contributed by atoms with Crippen LogP contribution < -0.4 is 0 Å². The first kappa shape index (κ1) is 15.6. The quantitative estimate of drug-likeness (QED) is 0.925. The number of rotatable bonds is 4. The molecule has 0 radical (unpaired) electrons. The fraction of sp³-hybridized carbons (Fsp3) is 0.500. The number of hydrogen-bond acceptors (Lipinski definition) is 3. The van der Waals surface area contributed by atoms with Gasteiger partial charge in [0, 0.05) is 32.6 Å². The highest BCUT2D eigenvalue weighted by Gasteiger charge is 2.28. The van der Waals surface area contributed by atoms with Gasteiger partial charge in [-0.15, -0.1) is 0 Å². The van der Waals surface area contributed by atoms with Crippen molar-refractivity contribution in [2.24, 2.45) is 0 Å². The largest absolute Gasteiger partial charge is 0.480 e. The molecule has 2 rings (SSSR count). The Morgan fingerprint density at radius 1 is 1.30 bits per heavy atom. The Morgan fingerprint density at radius 2 is 1.95 bits per heavy atom. The third-order valence-corrected chi connectivity index (χ3v) is 4.57. The monoisotopic (exact) mass is 316 g/mol. The lowest BCUT2D eigenvalue weighted by Gasteiger charge is -2.36. The fourth-order valence-electron chi connectivity index (χ4n) is 2.42. The molecule has 1 aliphatic rings. The number of benzene rings is 1. The smallest absolute Gasteiger partial charge is 0.321 e. The molecular formula is C14H18Cl2N2O2. The highest BCUT2D eigenvalue weighted by atomic mass is 35.5. The highest BCUT2D eigenvalue weighted by molar-refractivity contribution is 6.42. The summed E-state index contributed by atoms with van der Waals surface area (Å²) in [7, 11) is 2.04. The van der Waals surface area contributed by atoms with Gasteiger partial charge < -0.3 is 10.0 Å². The number of aliphatic carboxylic acids is 1. The first-order valence-corrected chi connectivity index (χ1v) is 7.33. The van der Waals surface area contributed by atoms with Gasteiger partial charge in [-0.3, -0.25) is 9.69 Å². The van der Waals surface area contributed by atoms with Crippen molar-refractivity contribution in [1.82, 2.24) is 9.80 Å². The SMILES string of the molecule is CN1CCN(C(Cc2cccc(Cl)c2Cl)C(=O)O)CC1. The molecule has 1 N–H and O–H groups in total. The zero-order chi connectivity index (χ0) is 14.7. The van der Waals surface area contributed by atoms with E-state index >= 15 is 0 Å². The molecule has 0 bridgehead atoms. The van der Waals surface area contributed by atoms with Crippen LogP contribution in [0.15, 0.2) is 18.2 Å². The van der Waals surface area contributed by atoms with Crippen molar-refractivity contribution in [2.45, 2.75) is 12.5 Å². The lowest BCUT2D eigenvalue weighted by atomic mass is 10.0. The molecule has 6 heteroatoms. The van der Waals surface area contributed by atoms with Gasteiger partial charge in [0.15, 0.2) is 0 Å². The van der Waals surface area contributed by atoms with E-state index in [1.807, 2.05) is 18.0 Å². The third-order valence-electron chi connectivity index (χ3n) is 3.71. The first-order valence-electron chi connectivity index (χ1n) is 6.57. The second-order valence-corrected chi connectivity index (χ2v) is 5.90. The number of carbonyl (C=O) groups is 1. The van der Waals surface area contributed by atoms with E-state index in [0.29, 0.717) is 16.5 Å². The van der Waals surface area contributed by atoms with Crippen LogP contribution in [-0.2, 0) is 11.2 Å². The number of piperazine rings is 1. The number of halogens is 2. The van der Waals surface area contributed by atoms with Crippen LogP contribution in [0.25, 0.3) is 0 Å². The first-order chi connectivity index (χ1) is 9.49. The molecule has 0 spiro atoms. The maximum absolute atomic E-state index is 11.5. The molecule has 1 unspecified atom stereocenters. The third kappa shape index (κ3) is 3.64. The molecule has 1 fully saturated rings. The molecule has 0 aromatic heterocycles. The van der Waals surface area contributed by atoms with Gasteiger partial charge in [0.05, 0.1) is 10.0 Å². The van der Waals surface area contributed by atoms with E-state index < -0.39 is 12.0 Å². The topological polar surface area (TPSA) is 43.8 Å². The van der Waals surface area contributed by atoms with Crippen molar-refractivity contribution in [3.8, 4) is 0 Å². The number of likely N-dealkylation sites (N-methyl/N-ethyl adjacent to an activating group) is 1. The summed E-state index contributed by atoms with van der Waals surface area (Å²) in [6, 6.07) is 4.78. The van der Waals surface area contributed by atoms with E-state index in [1.165, 1.54) is 0 Å². The van der Waals surface area contributed by atoms with Crippen molar-refractivity contribution in [2.75, 3.05) is 33.2 Å². The second-order valence-electron chi connectivity index (χ2n) is 5.11. The standard InChI is InChI=1S/C14H18Cl2N2O2/c1-17-5-7-18(8-6-17)12(14(19)20)9-10-3-2-4-11(15)13(10)16/h2-4,12H,5-9H2,1H3,(H,19,20). The molecule has 0 amide bonds. The molecule has 0 aliphatic carbocycles. The number of carboxylic acids is 1. The normalized spacial score (nSPS) is 18.9. The Bertz CT molecular complexity index is 488. The van der Waals surface area contributed by atoms with Crippen molar-refractivity contribution in [3.63, 3.8) is 0 Å².